The van der Waals surface area contributed by atoms with Crippen molar-refractivity contribution < 1.29 is 14.3 Å². The minimum Gasteiger partial charge on any atom is -0.496 e. The smallest absolute Gasteiger partial charge is 0.263 e. The number of rotatable bonds is 5. The second-order valence-corrected chi connectivity index (χ2v) is 5.13. The van der Waals surface area contributed by atoms with E-state index in [-0.39, 0.29) is 5.91 Å². The maximum atomic E-state index is 12.6. The zero-order chi connectivity index (χ0) is 16.9. The number of aromatic nitrogens is 1. The topological polar surface area (TPSA) is 52.5 Å². The molecule has 0 saturated carbocycles. The fourth-order valence-electron chi connectivity index (χ4n) is 2.49. The lowest BCUT2D eigenvalue weighted by Crippen LogP contribution is -2.14. The molecule has 1 N–H and O–H groups in total. The molecule has 1 heterocycles. The van der Waals surface area contributed by atoms with Gasteiger partial charge in [-0.05, 0) is 48.5 Å². The first-order chi connectivity index (χ1) is 11.7. The van der Waals surface area contributed by atoms with Crippen molar-refractivity contribution in [2.75, 3.05) is 19.5 Å². The van der Waals surface area contributed by atoms with Crippen LogP contribution >= 0.6 is 0 Å². The Bertz CT molecular complexity index is 802. The quantitative estimate of drug-likeness (QED) is 0.778. The summed E-state index contributed by atoms with van der Waals surface area (Å²) in [4.78, 5) is 12.6. The molecule has 1 amide bonds. The van der Waals surface area contributed by atoms with Gasteiger partial charge in [0, 0.05) is 23.8 Å². The number of anilines is 1. The van der Waals surface area contributed by atoms with E-state index in [1.807, 2.05) is 53.4 Å². The summed E-state index contributed by atoms with van der Waals surface area (Å²) in [5.41, 5.74) is 2.09. The molecule has 0 fully saturated rings. The molecule has 5 heteroatoms. The zero-order valence-corrected chi connectivity index (χ0v) is 13.5. The van der Waals surface area contributed by atoms with E-state index in [2.05, 4.69) is 5.32 Å². The van der Waals surface area contributed by atoms with Crippen LogP contribution < -0.4 is 14.8 Å². The number of nitrogens with zero attached hydrogens (tertiary/aromatic N) is 1. The molecule has 3 aromatic rings. The molecule has 0 spiro atoms. The fourth-order valence-corrected chi connectivity index (χ4v) is 2.49. The van der Waals surface area contributed by atoms with Gasteiger partial charge in [0.15, 0.2) is 0 Å². The highest BCUT2D eigenvalue weighted by Gasteiger charge is 2.18. The number of methoxy groups -OCH3 is 2. The molecular weight excluding hydrogens is 304 g/mol. The van der Waals surface area contributed by atoms with E-state index in [9.17, 15) is 4.79 Å². The summed E-state index contributed by atoms with van der Waals surface area (Å²) in [5.74, 6) is 0.657. The lowest BCUT2D eigenvalue weighted by molar-refractivity contribution is 0.102. The normalized spacial score (nSPS) is 10.2. The first kappa shape index (κ1) is 15.7. The number of ether oxygens (including phenoxy) is 2. The van der Waals surface area contributed by atoms with Gasteiger partial charge in [0.05, 0.1) is 14.2 Å². The number of carbonyl (C=O) groups is 1. The second kappa shape index (κ2) is 6.91. The molecule has 122 valence electrons. The molecule has 0 bridgehead atoms. The molecule has 24 heavy (non-hydrogen) atoms. The molecule has 0 aliphatic heterocycles. The summed E-state index contributed by atoms with van der Waals surface area (Å²) in [5, 5.41) is 2.87. The van der Waals surface area contributed by atoms with Crippen LogP contribution in [0.2, 0.25) is 0 Å². The van der Waals surface area contributed by atoms with Gasteiger partial charge in [-0.2, -0.15) is 0 Å². The van der Waals surface area contributed by atoms with Crippen molar-refractivity contribution in [1.82, 2.24) is 4.57 Å². The Labute approximate surface area is 140 Å². The van der Waals surface area contributed by atoms with Crippen molar-refractivity contribution in [2.45, 2.75) is 0 Å². The predicted octanol–water partition coefficient (Wildman–Crippen LogP) is 3.75. The monoisotopic (exact) mass is 322 g/mol. The Hall–Kier alpha value is -3.21. The van der Waals surface area contributed by atoms with Gasteiger partial charge < -0.3 is 19.4 Å². The van der Waals surface area contributed by atoms with Gasteiger partial charge in [0.2, 0.25) is 0 Å². The third-order valence-electron chi connectivity index (χ3n) is 3.68. The lowest BCUT2D eigenvalue weighted by atomic mass is 10.1. The Balaban J connectivity index is 1.83. The van der Waals surface area contributed by atoms with Crippen LogP contribution in [0.5, 0.6) is 11.5 Å². The van der Waals surface area contributed by atoms with Crippen molar-refractivity contribution in [1.29, 1.82) is 0 Å². The van der Waals surface area contributed by atoms with E-state index in [1.54, 1.807) is 18.2 Å². The van der Waals surface area contributed by atoms with Crippen molar-refractivity contribution in [2.24, 2.45) is 0 Å². The van der Waals surface area contributed by atoms with Crippen molar-refractivity contribution in [3.8, 4) is 17.2 Å². The Kier molecular flexibility index (Phi) is 4.52. The second-order valence-electron chi connectivity index (χ2n) is 5.13. The summed E-state index contributed by atoms with van der Waals surface area (Å²) in [6.07, 6.45) is 3.93. The largest absolute Gasteiger partial charge is 0.496 e. The van der Waals surface area contributed by atoms with Crippen LogP contribution in [0.25, 0.3) is 5.69 Å². The third kappa shape index (κ3) is 3.10. The van der Waals surface area contributed by atoms with Crippen LogP contribution in [0.15, 0.2) is 67.0 Å². The van der Waals surface area contributed by atoms with Gasteiger partial charge in [0.25, 0.3) is 5.91 Å². The summed E-state index contributed by atoms with van der Waals surface area (Å²) in [6, 6.07) is 16.8. The van der Waals surface area contributed by atoms with Crippen LogP contribution in [0, 0.1) is 0 Å². The van der Waals surface area contributed by atoms with E-state index in [4.69, 9.17) is 9.47 Å². The molecule has 0 aliphatic carbocycles. The Morgan fingerprint density at radius 3 is 2.00 bits per heavy atom. The fraction of sp³-hybridized carbons (Fsp3) is 0.105. The minimum absolute atomic E-state index is 0.280. The number of amides is 1. The number of hydrogen-bond acceptors (Lipinski definition) is 3. The molecule has 5 nitrogen and oxygen atoms in total. The van der Waals surface area contributed by atoms with Crippen molar-refractivity contribution in [3.63, 3.8) is 0 Å². The van der Waals surface area contributed by atoms with Gasteiger partial charge in [0.1, 0.15) is 17.1 Å². The Morgan fingerprint density at radius 1 is 0.875 bits per heavy atom. The molecule has 0 radical (unpaired) electrons. The van der Waals surface area contributed by atoms with E-state index in [0.717, 1.165) is 5.69 Å². The van der Waals surface area contributed by atoms with Gasteiger partial charge in [-0.1, -0.05) is 6.07 Å². The van der Waals surface area contributed by atoms with E-state index < -0.39 is 0 Å². The van der Waals surface area contributed by atoms with Crippen LogP contribution in [0.3, 0.4) is 0 Å². The molecule has 2 aromatic carbocycles. The summed E-state index contributed by atoms with van der Waals surface area (Å²) >= 11 is 0. The molecule has 0 atom stereocenters. The maximum absolute atomic E-state index is 12.6. The van der Waals surface area contributed by atoms with E-state index in [0.29, 0.717) is 22.7 Å². The highest BCUT2D eigenvalue weighted by molar-refractivity contribution is 6.08. The minimum atomic E-state index is -0.280. The van der Waals surface area contributed by atoms with Gasteiger partial charge in [-0.25, -0.2) is 0 Å². The lowest BCUT2D eigenvalue weighted by Gasteiger charge is -2.13. The predicted molar refractivity (Wildman–Crippen MR) is 93.3 cm³/mol. The van der Waals surface area contributed by atoms with Crippen LogP contribution in [0.1, 0.15) is 10.4 Å². The van der Waals surface area contributed by atoms with Crippen LogP contribution in [0.4, 0.5) is 5.69 Å². The molecule has 0 saturated heterocycles. The molecule has 0 unspecified atom stereocenters. The Morgan fingerprint density at radius 2 is 1.46 bits per heavy atom. The molecule has 3 rings (SSSR count). The molecular formula is C19H18N2O3. The number of benzene rings is 2. The first-order valence-electron chi connectivity index (χ1n) is 7.48. The van der Waals surface area contributed by atoms with Crippen LogP contribution in [-0.4, -0.2) is 24.7 Å². The summed E-state index contributed by atoms with van der Waals surface area (Å²) in [6.45, 7) is 0. The summed E-state index contributed by atoms with van der Waals surface area (Å²) < 4.78 is 12.5. The van der Waals surface area contributed by atoms with Crippen LogP contribution in [-0.2, 0) is 0 Å². The van der Waals surface area contributed by atoms with Gasteiger partial charge >= 0.3 is 0 Å². The number of carbonyl (C=O) groups excluding carboxylic acids is 1. The zero-order valence-electron chi connectivity index (χ0n) is 13.5. The third-order valence-corrected chi connectivity index (χ3v) is 3.68. The van der Waals surface area contributed by atoms with E-state index >= 15 is 0 Å². The van der Waals surface area contributed by atoms with Gasteiger partial charge in [-0.15, -0.1) is 0 Å². The standard InChI is InChI=1S/C19H18N2O3/c1-23-16-6-5-7-17(24-2)18(16)19(22)20-14-8-10-15(11-9-14)21-12-3-4-13-21/h3-13H,1-2H3,(H,20,22). The maximum Gasteiger partial charge on any atom is 0.263 e. The average molecular weight is 322 g/mol. The average Bonchev–Trinajstić information content (AvgIpc) is 3.16. The highest BCUT2D eigenvalue weighted by atomic mass is 16.5. The summed E-state index contributed by atoms with van der Waals surface area (Å²) in [7, 11) is 3.05. The molecule has 0 aliphatic rings. The van der Waals surface area contributed by atoms with Gasteiger partial charge in [-0.3, -0.25) is 4.79 Å². The van der Waals surface area contributed by atoms with Crippen molar-refractivity contribution >= 4 is 11.6 Å². The number of hydrogen-bond donors (Lipinski definition) is 1. The highest BCUT2D eigenvalue weighted by Crippen LogP contribution is 2.29. The SMILES string of the molecule is COc1cccc(OC)c1C(=O)Nc1ccc(-n2cccc2)cc1. The first-order valence-corrected chi connectivity index (χ1v) is 7.48. The number of nitrogens with one attached hydrogen (secondary N) is 1. The van der Waals surface area contributed by atoms with E-state index in [1.165, 1.54) is 14.2 Å². The molecule has 1 aromatic heterocycles. The van der Waals surface area contributed by atoms with Crippen molar-refractivity contribution in [3.05, 3.63) is 72.6 Å².